The monoisotopic (exact) mass is 416 g/mol. The number of hydrogen-bond donors (Lipinski definition) is 2. The van der Waals surface area contributed by atoms with E-state index in [0.29, 0.717) is 23.6 Å². The summed E-state index contributed by atoms with van der Waals surface area (Å²) in [6, 6.07) is 15.7. The van der Waals surface area contributed by atoms with Gasteiger partial charge in [0.05, 0.1) is 12.8 Å². The molecule has 0 bridgehead atoms. The van der Waals surface area contributed by atoms with Crippen LogP contribution >= 0.6 is 0 Å². The lowest BCUT2D eigenvalue weighted by molar-refractivity contribution is -0.123. The zero-order valence-electron chi connectivity index (χ0n) is 16.6. The molecule has 0 saturated carbocycles. The van der Waals surface area contributed by atoms with E-state index in [4.69, 9.17) is 9.15 Å². The van der Waals surface area contributed by atoms with Crippen molar-refractivity contribution in [3.63, 3.8) is 0 Å². The molecule has 0 fully saturated rings. The van der Waals surface area contributed by atoms with E-state index in [0.717, 1.165) is 5.56 Å². The van der Waals surface area contributed by atoms with E-state index in [-0.39, 0.29) is 24.6 Å². The molecule has 1 aromatic carbocycles. The van der Waals surface area contributed by atoms with Gasteiger partial charge in [-0.15, -0.1) is 0 Å². The van der Waals surface area contributed by atoms with Crippen molar-refractivity contribution >= 4 is 17.9 Å². The van der Waals surface area contributed by atoms with Gasteiger partial charge in [0.2, 0.25) is 0 Å². The second kappa shape index (κ2) is 11.0. The van der Waals surface area contributed by atoms with Crippen molar-refractivity contribution in [3.05, 3.63) is 89.6 Å². The zero-order valence-corrected chi connectivity index (χ0v) is 16.6. The molecule has 0 saturated heterocycles. The van der Waals surface area contributed by atoms with E-state index >= 15 is 0 Å². The molecule has 2 heterocycles. The van der Waals surface area contributed by atoms with Gasteiger partial charge in [-0.05, 0) is 47.5 Å². The maximum Gasteiger partial charge on any atom is 0.262 e. The highest BCUT2D eigenvalue weighted by molar-refractivity contribution is 6.01. The number of nitrogens with one attached hydrogen (secondary N) is 2. The molecule has 0 unspecified atom stereocenters. The number of hydrogen-bond acceptors (Lipinski definition) is 6. The van der Waals surface area contributed by atoms with Gasteiger partial charge in [0.15, 0.2) is 6.61 Å². The Hall–Kier alpha value is -4.38. The van der Waals surface area contributed by atoms with Crippen molar-refractivity contribution in [1.29, 1.82) is 5.26 Å². The van der Waals surface area contributed by atoms with Gasteiger partial charge in [0, 0.05) is 18.9 Å². The van der Waals surface area contributed by atoms with Crippen molar-refractivity contribution in [1.82, 2.24) is 15.6 Å². The molecule has 0 atom stereocenters. The van der Waals surface area contributed by atoms with Crippen LogP contribution in [-0.4, -0.2) is 23.4 Å². The average molecular weight is 416 g/mol. The Kier molecular flexibility index (Phi) is 7.55. The summed E-state index contributed by atoms with van der Waals surface area (Å²) in [5.41, 5.74) is 1.47. The van der Waals surface area contributed by atoms with Gasteiger partial charge in [-0.1, -0.05) is 18.2 Å². The normalized spacial score (nSPS) is 10.7. The second-order valence-corrected chi connectivity index (χ2v) is 6.43. The fourth-order valence-corrected chi connectivity index (χ4v) is 2.55. The highest BCUT2D eigenvalue weighted by Gasteiger charge is 2.09. The molecule has 3 aromatic rings. The molecule has 2 amide bonds. The van der Waals surface area contributed by atoms with Crippen LogP contribution in [0.2, 0.25) is 0 Å². The van der Waals surface area contributed by atoms with Crippen LogP contribution in [0.5, 0.6) is 5.75 Å². The molecule has 0 aliphatic heterocycles. The fourth-order valence-electron chi connectivity index (χ4n) is 2.55. The lowest BCUT2D eigenvalue weighted by Crippen LogP contribution is -2.28. The first-order valence-corrected chi connectivity index (χ1v) is 9.45. The molecule has 0 aliphatic rings. The van der Waals surface area contributed by atoms with Crippen molar-refractivity contribution in [2.45, 2.75) is 13.1 Å². The highest BCUT2D eigenvalue weighted by atomic mass is 16.5. The molecular formula is C23H20N4O4. The minimum atomic E-state index is -0.472. The first kappa shape index (κ1) is 21.3. The number of ether oxygens (including phenoxy) is 1. The Labute approximate surface area is 179 Å². The van der Waals surface area contributed by atoms with E-state index in [2.05, 4.69) is 15.6 Å². The van der Waals surface area contributed by atoms with Crippen LogP contribution in [0, 0.1) is 11.3 Å². The van der Waals surface area contributed by atoms with Gasteiger partial charge >= 0.3 is 0 Å². The predicted molar refractivity (Wildman–Crippen MR) is 112 cm³/mol. The zero-order chi connectivity index (χ0) is 21.9. The average Bonchev–Trinajstić information content (AvgIpc) is 3.33. The Morgan fingerprint density at radius 1 is 1.10 bits per heavy atom. The summed E-state index contributed by atoms with van der Waals surface area (Å²) in [4.78, 5) is 28.1. The smallest absolute Gasteiger partial charge is 0.262 e. The van der Waals surface area contributed by atoms with Gasteiger partial charge in [0.25, 0.3) is 11.8 Å². The summed E-state index contributed by atoms with van der Waals surface area (Å²) in [5, 5.41) is 14.7. The number of rotatable bonds is 9. The maximum atomic E-state index is 12.2. The van der Waals surface area contributed by atoms with Crippen molar-refractivity contribution < 1.29 is 18.7 Å². The molecule has 156 valence electrons. The molecule has 0 aliphatic carbocycles. The second-order valence-electron chi connectivity index (χ2n) is 6.43. The number of nitriles is 1. The van der Waals surface area contributed by atoms with E-state index < -0.39 is 5.91 Å². The summed E-state index contributed by atoms with van der Waals surface area (Å²) in [5.74, 6) is 0.393. The summed E-state index contributed by atoms with van der Waals surface area (Å²) >= 11 is 0. The Morgan fingerprint density at radius 3 is 2.61 bits per heavy atom. The maximum absolute atomic E-state index is 12.2. The Bertz CT molecular complexity index is 1070. The molecule has 8 nitrogen and oxygen atoms in total. The van der Waals surface area contributed by atoms with Crippen molar-refractivity contribution in [3.8, 4) is 11.8 Å². The van der Waals surface area contributed by atoms with Crippen LogP contribution in [0.1, 0.15) is 16.9 Å². The minimum absolute atomic E-state index is 0.0186. The molecule has 0 spiro atoms. The summed E-state index contributed by atoms with van der Waals surface area (Å²) < 4.78 is 10.6. The third-order valence-electron chi connectivity index (χ3n) is 4.14. The lowest BCUT2D eigenvalue weighted by atomic mass is 10.1. The fraction of sp³-hybridized carbons (Fsp3) is 0.130. The Morgan fingerprint density at radius 2 is 1.94 bits per heavy atom. The van der Waals surface area contributed by atoms with Gasteiger partial charge in [-0.3, -0.25) is 14.6 Å². The minimum Gasteiger partial charge on any atom is -0.484 e. The molecule has 0 radical (unpaired) electrons. The highest BCUT2D eigenvalue weighted by Crippen LogP contribution is 2.15. The Balaban J connectivity index is 1.49. The predicted octanol–water partition coefficient (Wildman–Crippen LogP) is 2.59. The lowest BCUT2D eigenvalue weighted by Gasteiger charge is -2.07. The van der Waals surface area contributed by atoms with Crippen LogP contribution in [0.3, 0.4) is 0 Å². The number of carbonyl (C=O) groups excluding carboxylic acids is 2. The standard InChI is InChI=1S/C23H20N4O4/c24-12-19(23(29)27-14-18-3-1-9-25-13-18)11-17-5-7-20(8-6-17)31-16-22(28)26-15-21-4-2-10-30-21/h1-11,13H,14-16H2,(H,26,28)(H,27,29)/b19-11+. The first-order valence-electron chi connectivity index (χ1n) is 9.45. The number of pyridine rings is 1. The van der Waals surface area contributed by atoms with Gasteiger partial charge in [-0.25, -0.2) is 0 Å². The van der Waals surface area contributed by atoms with E-state index in [9.17, 15) is 14.9 Å². The summed E-state index contributed by atoms with van der Waals surface area (Å²) in [6.07, 6.45) is 6.31. The van der Waals surface area contributed by atoms with E-state index in [1.54, 1.807) is 54.9 Å². The molecule has 2 aromatic heterocycles. The van der Waals surface area contributed by atoms with E-state index in [1.807, 2.05) is 12.1 Å². The topological polar surface area (TPSA) is 117 Å². The number of carbonyl (C=O) groups is 2. The number of furan rings is 1. The van der Waals surface area contributed by atoms with Crippen LogP contribution in [0.4, 0.5) is 0 Å². The van der Waals surface area contributed by atoms with Crippen molar-refractivity contribution in [2.75, 3.05) is 6.61 Å². The number of benzene rings is 1. The molecule has 31 heavy (non-hydrogen) atoms. The van der Waals surface area contributed by atoms with Gasteiger partial charge in [0.1, 0.15) is 23.2 Å². The molecule has 8 heteroatoms. The van der Waals surface area contributed by atoms with Crippen LogP contribution in [0.15, 0.2) is 77.2 Å². The number of nitrogens with zero attached hydrogens (tertiary/aromatic N) is 2. The third-order valence-corrected chi connectivity index (χ3v) is 4.14. The molecule has 3 rings (SSSR count). The first-order chi connectivity index (χ1) is 15.1. The SMILES string of the molecule is N#C/C(=C\c1ccc(OCC(=O)NCc2ccco2)cc1)C(=O)NCc1cccnc1. The van der Waals surface area contributed by atoms with Gasteiger partial charge in [-0.2, -0.15) is 5.26 Å². The molecule has 2 N–H and O–H groups in total. The van der Waals surface area contributed by atoms with Crippen molar-refractivity contribution in [2.24, 2.45) is 0 Å². The van der Waals surface area contributed by atoms with Crippen LogP contribution in [0.25, 0.3) is 6.08 Å². The molecular weight excluding hydrogens is 396 g/mol. The summed E-state index contributed by atoms with van der Waals surface area (Å²) in [7, 11) is 0. The van der Waals surface area contributed by atoms with Gasteiger partial charge < -0.3 is 19.8 Å². The number of amides is 2. The van der Waals surface area contributed by atoms with E-state index in [1.165, 1.54) is 12.3 Å². The summed E-state index contributed by atoms with van der Waals surface area (Å²) in [6.45, 7) is 0.426. The third kappa shape index (κ3) is 6.87. The van der Waals surface area contributed by atoms with Crippen LogP contribution < -0.4 is 15.4 Å². The van der Waals surface area contributed by atoms with Crippen LogP contribution in [-0.2, 0) is 22.7 Å². The number of aromatic nitrogens is 1. The largest absolute Gasteiger partial charge is 0.484 e. The quantitative estimate of drug-likeness (QED) is 0.409.